The van der Waals surface area contributed by atoms with E-state index in [9.17, 15) is 4.79 Å². The molecule has 0 radical (unpaired) electrons. The second kappa shape index (κ2) is 4.25. The quantitative estimate of drug-likeness (QED) is 0.806. The molecule has 0 aliphatic carbocycles. The molecule has 2 heterocycles. The van der Waals surface area contributed by atoms with Crippen LogP contribution in [0.15, 0.2) is 12.5 Å². The van der Waals surface area contributed by atoms with Crippen LogP contribution in [0.5, 0.6) is 0 Å². The van der Waals surface area contributed by atoms with Crippen molar-refractivity contribution >= 4 is 5.91 Å². The van der Waals surface area contributed by atoms with Gasteiger partial charge < -0.3 is 15.2 Å². The first kappa shape index (κ1) is 11.1. The summed E-state index contributed by atoms with van der Waals surface area (Å²) in [6.45, 7) is 2.83. The van der Waals surface area contributed by atoms with Crippen molar-refractivity contribution in [2.24, 2.45) is 12.8 Å². The number of nitrogens with two attached hydrogens (primary N) is 1. The molecule has 5 heteroatoms. The van der Waals surface area contributed by atoms with Crippen molar-refractivity contribution in [1.29, 1.82) is 0 Å². The monoisotopic (exact) mass is 222 g/mol. The predicted octanol–water partition coefficient (Wildman–Crippen LogP) is 0.431. The number of hydrogen-bond acceptors (Lipinski definition) is 3. The second-order valence-electron chi connectivity index (χ2n) is 4.33. The predicted molar refractivity (Wildman–Crippen MR) is 60.5 cm³/mol. The summed E-state index contributed by atoms with van der Waals surface area (Å²) in [5, 5.41) is 0. The molecule has 5 nitrogen and oxygen atoms in total. The van der Waals surface area contributed by atoms with Crippen LogP contribution in [0, 0.1) is 0 Å². The molecule has 0 saturated carbocycles. The lowest BCUT2D eigenvalue weighted by atomic mass is 10.1. The molecule has 2 atom stereocenters. The van der Waals surface area contributed by atoms with Crippen molar-refractivity contribution < 1.29 is 4.79 Å². The van der Waals surface area contributed by atoms with Crippen molar-refractivity contribution in [1.82, 2.24) is 14.5 Å². The first-order valence-electron chi connectivity index (χ1n) is 5.66. The maximum atomic E-state index is 11.8. The highest BCUT2D eigenvalue weighted by atomic mass is 16.2. The summed E-state index contributed by atoms with van der Waals surface area (Å²) in [5.74, 6) is 0.153. The van der Waals surface area contributed by atoms with E-state index in [0.717, 1.165) is 18.7 Å². The van der Waals surface area contributed by atoms with Gasteiger partial charge in [0, 0.05) is 26.1 Å². The highest BCUT2D eigenvalue weighted by Crippen LogP contribution is 2.31. The van der Waals surface area contributed by atoms with E-state index >= 15 is 0 Å². The van der Waals surface area contributed by atoms with Gasteiger partial charge in [-0.05, 0) is 6.42 Å². The normalized spacial score (nSPS) is 25.4. The summed E-state index contributed by atoms with van der Waals surface area (Å²) in [7, 11) is 1.93. The Bertz CT molecular complexity index is 387. The van der Waals surface area contributed by atoms with Crippen LogP contribution in [0.25, 0.3) is 0 Å². The van der Waals surface area contributed by atoms with Gasteiger partial charge in [-0.3, -0.25) is 4.79 Å². The molecule has 2 unspecified atom stereocenters. The highest BCUT2D eigenvalue weighted by molar-refractivity contribution is 5.80. The van der Waals surface area contributed by atoms with E-state index in [1.54, 1.807) is 12.5 Å². The molecule has 1 aromatic heterocycles. The Morgan fingerprint density at radius 3 is 2.94 bits per heavy atom. The topological polar surface area (TPSA) is 64.2 Å². The van der Waals surface area contributed by atoms with Crippen LogP contribution in [-0.2, 0) is 11.8 Å². The number of nitrogens with zero attached hydrogens (tertiary/aromatic N) is 3. The molecule has 1 aliphatic rings. The van der Waals surface area contributed by atoms with Crippen molar-refractivity contribution in [3.63, 3.8) is 0 Å². The Morgan fingerprint density at radius 1 is 1.62 bits per heavy atom. The zero-order valence-electron chi connectivity index (χ0n) is 9.76. The van der Waals surface area contributed by atoms with Gasteiger partial charge in [-0.15, -0.1) is 0 Å². The summed E-state index contributed by atoms with van der Waals surface area (Å²) in [6, 6.07) is -0.130. The van der Waals surface area contributed by atoms with Crippen LogP contribution in [0.1, 0.15) is 31.5 Å². The number of carbonyl (C=O) groups is 1. The van der Waals surface area contributed by atoms with Gasteiger partial charge in [0.05, 0.1) is 24.3 Å². The van der Waals surface area contributed by atoms with Crippen LogP contribution in [0.3, 0.4) is 0 Å². The summed E-state index contributed by atoms with van der Waals surface area (Å²) in [4.78, 5) is 17.8. The van der Waals surface area contributed by atoms with Gasteiger partial charge in [-0.25, -0.2) is 4.98 Å². The molecule has 1 fully saturated rings. The van der Waals surface area contributed by atoms with Gasteiger partial charge in [0.15, 0.2) is 0 Å². The van der Waals surface area contributed by atoms with Crippen molar-refractivity contribution in [2.75, 3.05) is 6.54 Å². The minimum atomic E-state index is -0.116. The summed E-state index contributed by atoms with van der Waals surface area (Å²) >= 11 is 0. The van der Waals surface area contributed by atoms with Gasteiger partial charge in [-0.1, -0.05) is 6.92 Å². The minimum absolute atomic E-state index is 0.0139. The molecule has 1 saturated heterocycles. The summed E-state index contributed by atoms with van der Waals surface area (Å²) in [5.41, 5.74) is 7.07. The molecule has 1 aliphatic heterocycles. The maximum Gasteiger partial charge on any atom is 0.224 e. The molecule has 0 bridgehead atoms. The number of imidazole rings is 1. The number of amides is 1. The van der Waals surface area contributed by atoms with E-state index in [1.165, 1.54) is 0 Å². The fourth-order valence-corrected chi connectivity index (χ4v) is 2.35. The maximum absolute atomic E-state index is 11.8. The molecule has 2 N–H and O–H groups in total. The number of carbonyl (C=O) groups excluding carboxylic acids is 1. The second-order valence-corrected chi connectivity index (χ2v) is 4.33. The molecule has 2 rings (SSSR count). The van der Waals surface area contributed by atoms with Crippen molar-refractivity contribution in [3.05, 3.63) is 18.2 Å². The lowest BCUT2D eigenvalue weighted by Crippen LogP contribution is -2.34. The first-order valence-corrected chi connectivity index (χ1v) is 5.66. The van der Waals surface area contributed by atoms with Gasteiger partial charge in [0.1, 0.15) is 0 Å². The Morgan fingerprint density at radius 2 is 2.38 bits per heavy atom. The molecule has 16 heavy (non-hydrogen) atoms. The van der Waals surface area contributed by atoms with E-state index in [2.05, 4.69) is 11.9 Å². The average molecular weight is 222 g/mol. The SMILES string of the molecule is CCCN1C(=O)CC(N)C1c1cncn1C. The van der Waals surface area contributed by atoms with E-state index in [0.29, 0.717) is 6.42 Å². The summed E-state index contributed by atoms with van der Waals surface area (Å²) in [6.07, 6.45) is 4.93. The third-order valence-electron chi connectivity index (χ3n) is 3.09. The molecule has 1 aromatic rings. The number of likely N-dealkylation sites (tertiary alicyclic amines) is 1. The molecule has 1 amide bonds. The molecule has 0 aromatic carbocycles. The molecular formula is C11H18N4O. The zero-order chi connectivity index (χ0) is 11.7. The standard InChI is InChI=1S/C11H18N4O/c1-3-4-15-10(16)5-8(12)11(15)9-6-13-7-14(9)2/h6-8,11H,3-5,12H2,1-2H3. The summed E-state index contributed by atoms with van der Waals surface area (Å²) < 4.78 is 1.94. The van der Waals surface area contributed by atoms with Gasteiger partial charge >= 0.3 is 0 Å². The average Bonchev–Trinajstić information content (AvgIpc) is 2.73. The van der Waals surface area contributed by atoms with Gasteiger partial charge in [-0.2, -0.15) is 0 Å². The van der Waals surface area contributed by atoms with Crippen molar-refractivity contribution in [3.8, 4) is 0 Å². The number of aryl methyl sites for hydroxylation is 1. The van der Waals surface area contributed by atoms with E-state index in [4.69, 9.17) is 5.73 Å². The van der Waals surface area contributed by atoms with Crippen LogP contribution < -0.4 is 5.73 Å². The Labute approximate surface area is 95.2 Å². The lowest BCUT2D eigenvalue weighted by molar-refractivity contribution is -0.129. The van der Waals surface area contributed by atoms with Gasteiger partial charge in [0.25, 0.3) is 0 Å². The van der Waals surface area contributed by atoms with E-state index in [-0.39, 0.29) is 18.0 Å². The van der Waals surface area contributed by atoms with E-state index < -0.39 is 0 Å². The minimum Gasteiger partial charge on any atom is -0.336 e. The lowest BCUT2D eigenvalue weighted by Gasteiger charge is -2.26. The molecular weight excluding hydrogens is 204 g/mol. The third kappa shape index (κ3) is 1.71. The van der Waals surface area contributed by atoms with Crippen LogP contribution in [0.4, 0.5) is 0 Å². The Kier molecular flexibility index (Phi) is 2.96. The first-order chi connectivity index (χ1) is 7.65. The third-order valence-corrected chi connectivity index (χ3v) is 3.09. The molecule has 88 valence electrons. The molecule has 0 spiro atoms. The Hall–Kier alpha value is -1.36. The largest absolute Gasteiger partial charge is 0.336 e. The van der Waals surface area contributed by atoms with Crippen LogP contribution in [0.2, 0.25) is 0 Å². The zero-order valence-corrected chi connectivity index (χ0v) is 9.76. The highest BCUT2D eigenvalue weighted by Gasteiger charge is 2.39. The fraction of sp³-hybridized carbons (Fsp3) is 0.636. The van der Waals surface area contributed by atoms with Gasteiger partial charge in [0.2, 0.25) is 5.91 Å². The smallest absolute Gasteiger partial charge is 0.224 e. The van der Waals surface area contributed by atoms with Crippen molar-refractivity contribution in [2.45, 2.75) is 31.8 Å². The number of hydrogen-bond donors (Lipinski definition) is 1. The van der Waals surface area contributed by atoms with Crippen LogP contribution >= 0.6 is 0 Å². The number of aromatic nitrogens is 2. The van der Waals surface area contributed by atoms with Crippen LogP contribution in [-0.4, -0.2) is 32.9 Å². The Balaban J connectivity index is 2.30. The van der Waals surface area contributed by atoms with E-state index in [1.807, 2.05) is 16.5 Å². The fourth-order valence-electron chi connectivity index (χ4n) is 2.35. The number of rotatable bonds is 3.